The zero-order chi connectivity index (χ0) is 15.0. The van der Waals surface area contributed by atoms with Gasteiger partial charge in [-0.2, -0.15) is 8.75 Å². The van der Waals surface area contributed by atoms with Crippen LogP contribution in [0.3, 0.4) is 0 Å². The van der Waals surface area contributed by atoms with E-state index in [0.717, 1.165) is 17.3 Å². The fraction of sp³-hybridized carbons (Fsp3) is 0.273. The smallest absolute Gasteiger partial charge is 0.260 e. The van der Waals surface area contributed by atoms with E-state index < -0.39 is 10.0 Å². The maximum absolute atomic E-state index is 12.5. The number of benzene rings is 1. The van der Waals surface area contributed by atoms with Crippen molar-refractivity contribution in [2.24, 2.45) is 0 Å². The standard InChI is InChI=1S/C11H12N6O2S2/c1-3-17-6-9(12-16-17)15-21(18,19)8-5-4-7(2)10-11(8)14-20-13-10/h4-6,15H,3H2,1-2H3. The van der Waals surface area contributed by atoms with Gasteiger partial charge < -0.3 is 0 Å². The van der Waals surface area contributed by atoms with Gasteiger partial charge in [0.25, 0.3) is 10.0 Å². The van der Waals surface area contributed by atoms with Crippen LogP contribution in [-0.4, -0.2) is 32.2 Å². The number of aryl methyl sites for hydroxylation is 2. The lowest BCUT2D eigenvalue weighted by Gasteiger charge is -2.06. The number of fused-ring (bicyclic) bond motifs is 1. The predicted molar refractivity (Wildman–Crippen MR) is 78.7 cm³/mol. The van der Waals surface area contributed by atoms with Crippen molar-refractivity contribution >= 4 is 38.6 Å². The van der Waals surface area contributed by atoms with E-state index in [1.807, 2.05) is 13.8 Å². The molecule has 1 N–H and O–H groups in total. The topological polar surface area (TPSA) is 103 Å². The molecule has 21 heavy (non-hydrogen) atoms. The van der Waals surface area contributed by atoms with Crippen molar-refractivity contribution in [3.63, 3.8) is 0 Å². The number of nitrogens with zero attached hydrogens (tertiary/aromatic N) is 5. The summed E-state index contributed by atoms with van der Waals surface area (Å²) in [7, 11) is -3.78. The first-order chi connectivity index (χ1) is 10.0. The fourth-order valence-corrected chi connectivity index (χ4v) is 3.68. The van der Waals surface area contributed by atoms with Crippen molar-refractivity contribution in [2.75, 3.05) is 4.72 Å². The molecule has 0 radical (unpaired) electrons. The molecule has 2 aromatic heterocycles. The number of anilines is 1. The minimum absolute atomic E-state index is 0.0860. The molecule has 10 heteroatoms. The molecular formula is C11H12N6O2S2. The van der Waals surface area contributed by atoms with Crippen LogP contribution in [0.5, 0.6) is 0 Å². The molecule has 3 aromatic rings. The maximum atomic E-state index is 12.5. The molecule has 0 atom stereocenters. The Bertz CT molecular complexity index is 898. The average molecular weight is 324 g/mol. The van der Waals surface area contributed by atoms with Crippen LogP contribution in [-0.2, 0) is 16.6 Å². The molecule has 0 spiro atoms. The van der Waals surface area contributed by atoms with Crippen molar-refractivity contribution < 1.29 is 8.42 Å². The molecule has 0 unspecified atom stereocenters. The van der Waals surface area contributed by atoms with Crippen LogP contribution in [0.15, 0.2) is 23.2 Å². The zero-order valence-electron chi connectivity index (χ0n) is 11.3. The van der Waals surface area contributed by atoms with Gasteiger partial charge in [-0.3, -0.25) is 9.40 Å². The van der Waals surface area contributed by atoms with Crippen LogP contribution < -0.4 is 4.72 Å². The molecule has 0 bridgehead atoms. The normalized spacial score (nSPS) is 11.9. The number of rotatable bonds is 4. The molecular weight excluding hydrogens is 312 g/mol. The van der Waals surface area contributed by atoms with Gasteiger partial charge in [0.1, 0.15) is 15.9 Å². The highest BCUT2D eigenvalue weighted by Gasteiger charge is 2.21. The first-order valence-electron chi connectivity index (χ1n) is 6.16. The van der Waals surface area contributed by atoms with Crippen molar-refractivity contribution in [2.45, 2.75) is 25.3 Å². The first-order valence-corrected chi connectivity index (χ1v) is 8.37. The summed E-state index contributed by atoms with van der Waals surface area (Å²) in [5.74, 6) is 0.175. The quantitative estimate of drug-likeness (QED) is 0.778. The number of hydrogen-bond acceptors (Lipinski definition) is 7. The number of aromatic nitrogens is 5. The summed E-state index contributed by atoms with van der Waals surface area (Å²) in [6.07, 6.45) is 1.53. The van der Waals surface area contributed by atoms with Crippen molar-refractivity contribution in [1.82, 2.24) is 23.7 Å². The molecule has 0 aliphatic rings. The highest BCUT2D eigenvalue weighted by atomic mass is 32.2. The Kier molecular flexibility index (Phi) is 3.33. The summed E-state index contributed by atoms with van der Waals surface area (Å²) in [5.41, 5.74) is 1.85. The van der Waals surface area contributed by atoms with Gasteiger partial charge in [0.2, 0.25) is 0 Å². The third-order valence-electron chi connectivity index (χ3n) is 2.97. The molecule has 1 aromatic carbocycles. The van der Waals surface area contributed by atoms with Crippen molar-refractivity contribution in [3.05, 3.63) is 23.9 Å². The molecule has 0 amide bonds. The Morgan fingerprint density at radius 1 is 1.29 bits per heavy atom. The molecule has 8 nitrogen and oxygen atoms in total. The van der Waals surface area contributed by atoms with Crippen LogP contribution in [0.2, 0.25) is 0 Å². The maximum Gasteiger partial charge on any atom is 0.265 e. The van der Waals surface area contributed by atoms with E-state index in [1.165, 1.54) is 16.9 Å². The second kappa shape index (κ2) is 5.04. The molecule has 0 saturated heterocycles. The van der Waals surface area contributed by atoms with Gasteiger partial charge in [0.15, 0.2) is 5.82 Å². The highest BCUT2D eigenvalue weighted by molar-refractivity contribution is 7.93. The molecule has 2 heterocycles. The fourth-order valence-electron chi connectivity index (χ4n) is 1.88. The van der Waals surface area contributed by atoms with Crippen LogP contribution in [0.4, 0.5) is 5.82 Å². The van der Waals surface area contributed by atoms with Gasteiger partial charge in [-0.25, -0.2) is 8.42 Å². The third kappa shape index (κ3) is 2.47. The average Bonchev–Trinajstić information content (AvgIpc) is 3.07. The first kappa shape index (κ1) is 13.9. The zero-order valence-corrected chi connectivity index (χ0v) is 12.9. The molecule has 110 valence electrons. The van der Waals surface area contributed by atoms with E-state index >= 15 is 0 Å². The van der Waals surface area contributed by atoms with Crippen LogP contribution in [0, 0.1) is 6.92 Å². The summed E-state index contributed by atoms with van der Waals surface area (Å²) in [6, 6.07) is 3.23. The van der Waals surface area contributed by atoms with Gasteiger partial charge in [-0.05, 0) is 25.5 Å². The van der Waals surface area contributed by atoms with E-state index in [1.54, 1.807) is 6.07 Å². The summed E-state index contributed by atoms with van der Waals surface area (Å²) in [6.45, 7) is 4.36. The predicted octanol–water partition coefficient (Wildman–Crippen LogP) is 1.41. The van der Waals surface area contributed by atoms with Gasteiger partial charge in [0, 0.05) is 6.54 Å². The van der Waals surface area contributed by atoms with Crippen molar-refractivity contribution in [3.8, 4) is 0 Å². The van der Waals surface area contributed by atoms with E-state index in [4.69, 9.17) is 0 Å². The highest BCUT2D eigenvalue weighted by Crippen LogP contribution is 2.25. The van der Waals surface area contributed by atoms with Gasteiger partial charge in [-0.15, -0.1) is 5.10 Å². The minimum atomic E-state index is -3.78. The monoisotopic (exact) mass is 324 g/mol. The minimum Gasteiger partial charge on any atom is -0.260 e. The van der Waals surface area contributed by atoms with Gasteiger partial charge >= 0.3 is 0 Å². The van der Waals surface area contributed by atoms with E-state index in [2.05, 4.69) is 23.8 Å². The lowest BCUT2D eigenvalue weighted by atomic mass is 10.2. The lowest BCUT2D eigenvalue weighted by molar-refractivity contribution is 0.601. The lowest BCUT2D eigenvalue weighted by Crippen LogP contribution is -2.14. The van der Waals surface area contributed by atoms with Gasteiger partial charge in [-0.1, -0.05) is 11.3 Å². The molecule has 0 saturated carbocycles. The number of hydrogen-bond donors (Lipinski definition) is 1. The largest absolute Gasteiger partial charge is 0.265 e. The number of sulfonamides is 1. The summed E-state index contributed by atoms with van der Waals surface area (Å²) in [4.78, 5) is 0.0860. The Hall–Kier alpha value is -2.07. The summed E-state index contributed by atoms with van der Waals surface area (Å²) in [5, 5.41) is 7.57. The summed E-state index contributed by atoms with van der Waals surface area (Å²) >= 11 is 0.987. The molecule has 0 aliphatic heterocycles. The second-order valence-electron chi connectivity index (χ2n) is 4.41. The Labute approximate surface area is 125 Å². The van der Waals surface area contributed by atoms with Crippen molar-refractivity contribution in [1.29, 1.82) is 0 Å². The molecule has 3 rings (SSSR count). The summed E-state index contributed by atoms with van der Waals surface area (Å²) < 4.78 is 37.1. The Morgan fingerprint density at radius 3 is 2.76 bits per heavy atom. The Balaban J connectivity index is 2.04. The van der Waals surface area contributed by atoms with Crippen LogP contribution >= 0.6 is 11.7 Å². The number of nitrogens with one attached hydrogen (secondary N) is 1. The van der Waals surface area contributed by atoms with Crippen LogP contribution in [0.1, 0.15) is 12.5 Å². The van der Waals surface area contributed by atoms with E-state index in [9.17, 15) is 8.42 Å². The van der Waals surface area contributed by atoms with Gasteiger partial charge in [0.05, 0.1) is 17.9 Å². The van der Waals surface area contributed by atoms with Crippen LogP contribution in [0.25, 0.3) is 11.0 Å². The SMILES string of the molecule is CCn1cc(NS(=O)(=O)c2ccc(C)c3nsnc23)nn1. The van der Waals surface area contributed by atoms with E-state index in [-0.39, 0.29) is 10.7 Å². The second-order valence-corrected chi connectivity index (χ2v) is 6.59. The third-order valence-corrected chi connectivity index (χ3v) is 4.89. The molecule has 0 fully saturated rings. The Morgan fingerprint density at radius 2 is 2.05 bits per heavy atom. The molecule has 0 aliphatic carbocycles. The van der Waals surface area contributed by atoms with E-state index in [0.29, 0.717) is 17.6 Å².